The number of thiol groups is 1. The van der Waals surface area contributed by atoms with Gasteiger partial charge >= 0.3 is 0 Å². The molecule has 0 bridgehead atoms. The summed E-state index contributed by atoms with van der Waals surface area (Å²) in [6.07, 6.45) is 2.39. The Balaban J connectivity index is 2.14. The minimum atomic E-state index is 0.145. The normalized spacial score (nSPS) is 27.5. The Morgan fingerprint density at radius 2 is 2.47 bits per heavy atom. The van der Waals surface area contributed by atoms with Crippen molar-refractivity contribution in [2.75, 3.05) is 5.32 Å². The topological polar surface area (TPSA) is 42.0 Å². The summed E-state index contributed by atoms with van der Waals surface area (Å²) in [7, 11) is 0. The highest BCUT2D eigenvalue weighted by molar-refractivity contribution is 7.81. The Morgan fingerprint density at radius 1 is 1.65 bits per heavy atom. The van der Waals surface area contributed by atoms with Crippen molar-refractivity contribution >= 4 is 35.6 Å². The summed E-state index contributed by atoms with van der Waals surface area (Å²) in [5.41, 5.74) is 3.79. The van der Waals surface area contributed by atoms with Gasteiger partial charge in [0, 0.05) is 28.9 Å². The average molecular weight is 266 g/mol. The van der Waals surface area contributed by atoms with Gasteiger partial charge in [-0.25, -0.2) is 4.98 Å². The van der Waals surface area contributed by atoms with Crippen LogP contribution in [0, 0.1) is 0 Å². The second-order valence-corrected chi connectivity index (χ2v) is 5.97. The van der Waals surface area contributed by atoms with Gasteiger partial charge in [0.1, 0.15) is 5.82 Å². The van der Waals surface area contributed by atoms with Crippen molar-refractivity contribution in [1.82, 2.24) is 4.98 Å². The number of Topliss-reactive ketones (excluding diaryl/α,β-unsaturated/α-hetero) is 1. The van der Waals surface area contributed by atoms with Gasteiger partial charge in [-0.1, -0.05) is 6.92 Å². The summed E-state index contributed by atoms with van der Waals surface area (Å²) in [4.78, 5) is 17.7. The fourth-order valence-corrected chi connectivity index (χ4v) is 3.92. The second-order valence-electron chi connectivity index (χ2n) is 4.46. The zero-order valence-electron chi connectivity index (χ0n) is 9.56. The van der Waals surface area contributed by atoms with Gasteiger partial charge in [0.25, 0.3) is 0 Å². The first-order valence-electron chi connectivity index (χ1n) is 5.88. The van der Waals surface area contributed by atoms with Crippen LogP contribution in [0.15, 0.2) is 16.8 Å². The lowest BCUT2D eigenvalue weighted by Crippen LogP contribution is -2.31. The van der Waals surface area contributed by atoms with Crippen LogP contribution in [0.25, 0.3) is 0 Å². The van der Waals surface area contributed by atoms with E-state index in [1.807, 2.05) is 5.51 Å². The van der Waals surface area contributed by atoms with Gasteiger partial charge < -0.3 is 5.32 Å². The number of rotatable bonds is 1. The van der Waals surface area contributed by atoms with E-state index in [0.717, 1.165) is 29.9 Å². The van der Waals surface area contributed by atoms with Crippen LogP contribution in [-0.2, 0) is 4.79 Å². The van der Waals surface area contributed by atoms with Crippen molar-refractivity contribution in [3.05, 3.63) is 21.7 Å². The summed E-state index contributed by atoms with van der Waals surface area (Å²) >= 11 is 6.21. The van der Waals surface area contributed by atoms with E-state index < -0.39 is 0 Å². The highest BCUT2D eigenvalue weighted by atomic mass is 32.1. The number of carbonyl (C=O) groups excluding carboxylic acids is 1. The van der Waals surface area contributed by atoms with E-state index >= 15 is 0 Å². The summed E-state index contributed by atoms with van der Waals surface area (Å²) in [5, 5.41) is 3.45. The van der Waals surface area contributed by atoms with E-state index in [1.54, 1.807) is 11.3 Å². The largest absolute Gasteiger partial charge is 0.341 e. The van der Waals surface area contributed by atoms with Crippen LogP contribution in [-0.4, -0.2) is 16.0 Å². The molecule has 2 heterocycles. The molecule has 2 atom stereocenters. The number of fused-ring (bicyclic) bond motifs is 1. The molecule has 5 heteroatoms. The number of aromatic nitrogens is 1. The van der Waals surface area contributed by atoms with Gasteiger partial charge in [0.15, 0.2) is 5.78 Å². The molecule has 1 aromatic heterocycles. The summed E-state index contributed by atoms with van der Waals surface area (Å²) in [6.45, 7) is 2.12. The maximum atomic E-state index is 12.1. The number of carbonyl (C=O) groups is 1. The van der Waals surface area contributed by atoms with Crippen LogP contribution in [0.3, 0.4) is 0 Å². The Bertz CT molecular complexity index is 506. The van der Waals surface area contributed by atoms with E-state index in [0.29, 0.717) is 6.42 Å². The van der Waals surface area contributed by atoms with Crippen LogP contribution >= 0.6 is 24.0 Å². The third kappa shape index (κ3) is 1.64. The SMILES string of the molecule is CC[C@@H]1C2=C(Nc3ncsc31)C(S)CCC2=O. The highest BCUT2D eigenvalue weighted by Gasteiger charge is 2.37. The Kier molecular flexibility index (Phi) is 2.75. The number of ketones is 1. The fraction of sp³-hybridized carbons (Fsp3) is 0.500. The monoisotopic (exact) mass is 266 g/mol. The van der Waals surface area contributed by atoms with Gasteiger partial charge in [0.2, 0.25) is 0 Å². The molecule has 0 fully saturated rings. The zero-order valence-corrected chi connectivity index (χ0v) is 11.3. The van der Waals surface area contributed by atoms with E-state index in [9.17, 15) is 4.79 Å². The maximum absolute atomic E-state index is 12.1. The molecule has 0 saturated heterocycles. The van der Waals surface area contributed by atoms with Gasteiger partial charge in [-0.2, -0.15) is 12.6 Å². The van der Waals surface area contributed by atoms with Crippen LogP contribution in [0.5, 0.6) is 0 Å². The van der Waals surface area contributed by atoms with Gasteiger partial charge in [0.05, 0.1) is 10.4 Å². The highest BCUT2D eigenvalue weighted by Crippen LogP contribution is 2.45. The zero-order chi connectivity index (χ0) is 12.0. The van der Waals surface area contributed by atoms with Crippen molar-refractivity contribution in [3.63, 3.8) is 0 Å². The summed E-state index contributed by atoms with van der Waals surface area (Å²) < 4.78 is 0. The number of anilines is 1. The molecule has 90 valence electrons. The lowest BCUT2D eigenvalue weighted by Gasteiger charge is -2.33. The van der Waals surface area contributed by atoms with Gasteiger partial charge in [-0.05, 0) is 12.8 Å². The van der Waals surface area contributed by atoms with Gasteiger partial charge in [-0.15, -0.1) is 11.3 Å². The van der Waals surface area contributed by atoms with Crippen molar-refractivity contribution < 1.29 is 4.79 Å². The molecular weight excluding hydrogens is 252 g/mol. The Morgan fingerprint density at radius 3 is 3.24 bits per heavy atom. The molecule has 3 nitrogen and oxygen atoms in total. The molecule has 17 heavy (non-hydrogen) atoms. The molecule has 3 rings (SSSR count). The minimum absolute atomic E-state index is 0.145. The molecule has 1 N–H and O–H groups in total. The third-order valence-electron chi connectivity index (χ3n) is 3.49. The Labute approximate surface area is 110 Å². The molecule has 0 spiro atoms. The summed E-state index contributed by atoms with van der Waals surface area (Å²) in [5.74, 6) is 1.43. The van der Waals surface area contributed by atoms with Crippen LogP contribution in [0.4, 0.5) is 5.82 Å². The van der Waals surface area contributed by atoms with Crippen LogP contribution in [0.2, 0.25) is 0 Å². The smallest absolute Gasteiger partial charge is 0.161 e. The first kappa shape index (κ1) is 11.3. The van der Waals surface area contributed by atoms with E-state index in [4.69, 9.17) is 0 Å². The minimum Gasteiger partial charge on any atom is -0.341 e. The molecule has 1 aliphatic carbocycles. The lowest BCUT2D eigenvalue weighted by atomic mass is 9.81. The Hall–Kier alpha value is -0.810. The molecule has 0 radical (unpaired) electrons. The lowest BCUT2D eigenvalue weighted by molar-refractivity contribution is -0.116. The number of nitrogens with one attached hydrogen (secondary N) is 1. The molecule has 0 aromatic carbocycles. The first-order chi connectivity index (χ1) is 8.22. The molecule has 0 amide bonds. The predicted molar refractivity (Wildman–Crippen MR) is 72.8 cm³/mol. The molecule has 1 unspecified atom stereocenters. The van der Waals surface area contributed by atoms with E-state index in [2.05, 4.69) is 29.9 Å². The van der Waals surface area contributed by atoms with Crippen molar-refractivity contribution in [3.8, 4) is 0 Å². The molecule has 0 saturated carbocycles. The molecular formula is C12H14N2OS2. The molecule has 2 aliphatic rings. The fourth-order valence-electron chi connectivity index (χ4n) is 2.65. The van der Waals surface area contributed by atoms with Crippen LogP contribution < -0.4 is 5.32 Å². The number of nitrogens with zero attached hydrogens (tertiary/aromatic N) is 1. The number of allylic oxidation sites excluding steroid dienone is 1. The van der Waals surface area contributed by atoms with E-state index in [1.165, 1.54) is 4.88 Å². The first-order valence-corrected chi connectivity index (χ1v) is 7.27. The summed E-state index contributed by atoms with van der Waals surface area (Å²) in [6, 6.07) is 0. The number of thiazole rings is 1. The van der Waals surface area contributed by atoms with Crippen molar-refractivity contribution in [2.45, 2.75) is 37.4 Å². The maximum Gasteiger partial charge on any atom is 0.161 e. The van der Waals surface area contributed by atoms with E-state index in [-0.39, 0.29) is 17.0 Å². The quantitative estimate of drug-likeness (QED) is 0.768. The van der Waals surface area contributed by atoms with Crippen LogP contribution in [0.1, 0.15) is 37.0 Å². The average Bonchev–Trinajstić information content (AvgIpc) is 2.79. The number of hydrogen-bond donors (Lipinski definition) is 2. The predicted octanol–water partition coefficient (Wildman–Crippen LogP) is 2.98. The van der Waals surface area contributed by atoms with Crippen molar-refractivity contribution in [1.29, 1.82) is 0 Å². The third-order valence-corrected chi connectivity index (χ3v) is 4.95. The van der Waals surface area contributed by atoms with Gasteiger partial charge in [-0.3, -0.25) is 4.79 Å². The second kappa shape index (κ2) is 4.14. The standard InChI is InChI=1S/C12H14N2OS2/c1-2-6-9-7(15)3-4-8(16)10(9)14-12-11(6)17-5-13-12/h5-6,8,14,16H,2-4H2,1H3/t6-,8?/m1/s1. The number of hydrogen-bond acceptors (Lipinski definition) is 5. The molecule has 1 aliphatic heterocycles. The molecule has 1 aromatic rings. The van der Waals surface area contributed by atoms with Crippen molar-refractivity contribution in [2.24, 2.45) is 0 Å².